The molecule has 0 aromatic carbocycles. The van der Waals surface area contributed by atoms with E-state index in [-0.39, 0.29) is 11.2 Å². The normalized spacial score (nSPS) is 26.4. The number of piperazine rings is 1. The Kier molecular flexibility index (Phi) is 4.41. The van der Waals surface area contributed by atoms with Crippen molar-refractivity contribution < 1.29 is 5.21 Å². The lowest BCUT2D eigenvalue weighted by Crippen LogP contribution is -2.60. The van der Waals surface area contributed by atoms with Crippen molar-refractivity contribution in [1.29, 1.82) is 5.26 Å². The minimum atomic E-state index is -0.00939. The molecule has 3 rings (SSSR count). The average molecular weight is 321 g/mol. The molecule has 2 fully saturated rings. The monoisotopic (exact) mass is 320 g/mol. The van der Waals surface area contributed by atoms with E-state index >= 15 is 0 Å². The molecule has 2 saturated heterocycles. The van der Waals surface area contributed by atoms with Crippen LogP contribution in [0.2, 0.25) is 0 Å². The number of hydrogen-bond acceptors (Lipinski definition) is 7. The van der Waals surface area contributed by atoms with Crippen LogP contribution in [0.3, 0.4) is 0 Å². The first-order valence-electron chi connectivity index (χ1n) is 7.34. The second-order valence-corrected chi connectivity index (χ2v) is 5.93. The average Bonchev–Trinajstić information content (AvgIpc) is 2.60. The lowest BCUT2D eigenvalue weighted by atomic mass is 9.93. The number of rotatable bonds is 2. The molecular weight excluding hydrogens is 304 g/mol. The van der Waals surface area contributed by atoms with Gasteiger partial charge >= 0.3 is 0 Å². The summed E-state index contributed by atoms with van der Waals surface area (Å²) in [5.74, 6) is 0.647. The molecule has 2 aliphatic rings. The molecular formula is C14H17ClN6O. The topological polar surface area (TPSA) is 88.6 Å². The van der Waals surface area contributed by atoms with Crippen LogP contribution >= 0.6 is 11.6 Å². The van der Waals surface area contributed by atoms with Gasteiger partial charge in [-0.3, -0.25) is 4.90 Å². The van der Waals surface area contributed by atoms with Gasteiger partial charge in [0, 0.05) is 38.1 Å². The summed E-state index contributed by atoms with van der Waals surface area (Å²) in [5, 5.41) is 21.5. The number of anilines is 1. The van der Waals surface area contributed by atoms with E-state index in [1.54, 1.807) is 6.20 Å². The van der Waals surface area contributed by atoms with Crippen LogP contribution in [0, 0.1) is 11.3 Å². The standard InChI is InChI=1S/C14H17ClN6O/c15-13(19-22)12-3-1-2-10-9-20(6-7-21(10)12)14-11(8-16)17-4-5-18-14/h4-5,10,12,22H,1-3,6-7,9H2/b19-13-. The quantitative estimate of drug-likeness (QED) is 0.503. The van der Waals surface area contributed by atoms with E-state index in [4.69, 9.17) is 16.8 Å². The molecule has 0 spiro atoms. The fourth-order valence-electron chi connectivity index (χ4n) is 3.41. The molecule has 1 N–H and O–H groups in total. The smallest absolute Gasteiger partial charge is 0.183 e. The maximum absolute atomic E-state index is 9.18. The number of nitriles is 1. The highest BCUT2D eigenvalue weighted by Gasteiger charge is 2.37. The molecule has 0 radical (unpaired) electrons. The van der Waals surface area contributed by atoms with Crippen molar-refractivity contribution in [2.24, 2.45) is 5.16 Å². The van der Waals surface area contributed by atoms with Crippen molar-refractivity contribution in [2.45, 2.75) is 31.3 Å². The van der Waals surface area contributed by atoms with Gasteiger partial charge in [-0.1, -0.05) is 16.8 Å². The highest BCUT2D eigenvalue weighted by atomic mass is 35.5. The lowest BCUT2D eigenvalue weighted by molar-refractivity contribution is 0.104. The molecule has 1 aromatic rings. The predicted molar refractivity (Wildman–Crippen MR) is 82.2 cm³/mol. The molecule has 7 nitrogen and oxygen atoms in total. The summed E-state index contributed by atoms with van der Waals surface area (Å²) in [4.78, 5) is 12.8. The molecule has 2 unspecified atom stereocenters. The van der Waals surface area contributed by atoms with E-state index in [9.17, 15) is 5.26 Å². The van der Waals surface area contributed by atoms with Gasteiger partial charge in [0.05, 0.1) is 6.04 Å². The first kappa shape index (κ1) is 15.0. The summed E-state index contributed by atoms with van der Waals surface area (Å²) in [6, 6.07) is 2.41. The first-order chi connectivity index (χ1) is 10.7. The summed E-state index contributed by atoms with van der Waals surface area (Å²) in [7, 11) is 0. The fraction of sp³-hybridized carbons (Fsp3) is 0.571. The molecule has 3 heterocycles. The van der Waals surface area contributed by atoms with Gasteiger partial charge in [-0.15, -0.1) is 0 Å². The maximum atomic E-state index is 9.18. The third-order valence-electron chi connectivity index (χ3n) is 4.40. The van der Waals surface area contributed by atoms with E-state index in [1.165, 1.54) is 6.20 Å². The number of oxime groups is 1. The third kappa shape index (κ3) is 2.72. The number of fused-ring (bicyclic) bond motifs is 1. The zero-order chi connectivity index (χ0) is 15.5. The summed E-state index contributed by atoms with van der Waals surface area (Å²) in [6.07, 6.45) is 6.16. The van der Waals surface area contributed by atoms with Gasteiger partial charge in [0.25, 0.3) is 0 Å². The Morgan fingerprint density at radius 2 is 2.18 bits per heavy atom. The number of nitrogens with zero attached hydrogens (tertiary/aromatic N) is 6. The summed E-state index contributed by atoms with van der Waals surface area (Å²) in [5.41, 5.74) is 0.360. The first-order valence-corrected chi connectivity index (χ1v) is 7.71. The third-order valence-corrected chi connectivity index (χ3v) is 4.73. The summed E-state index contributed by atoms with van der Waals surface area (Å²) < 4.78 is 0. The van der Waals surface area contributed by atoms with Crippen molar-refractivity contribution in [3.63, 3.8) is 0 Å². The zero-order valence-electron chi connectivity index (χ0n) is 12.1. The van der Waals surface area contributed by atoms with Crippen LogP contribution in [0.5, 0.6) is 0 Å². The van der Waals surface area contributed by atoms with Crippen LogP contribution in [0.4, 0.5) is 5.82 Å². The number of halogens is 1. The maximum Gasteiger partial charge on any atom is 0.183 e. The van der Waals surface area contributed by atoms with Gasteiger partial charge in [-0.25, -0.2) is 9.97 Å². The van der Waals surface area contributed by atoms with Gasteiger partial charge in [0.15, 0.2) is 16.7 Å². The molecule has 0 amide bonds. The number of hydrogen-bond donors (Lipinski definition) is 1. The van der Waals surface area contributed by atoms with E-state index in [0.29, 0.717) is 17.6 Å². The Morgan fingerprint density at radius 3 is 2.95 bits per heavy atom. The molecule has 1 aromatic heterocycles. The zero-order valence-corrected chi connectivity index (χ0v) is 12.8. The lowest BCUT2D eigenvalue weighted by Gasteiger charge is -2.47. The minimum Gasteiger partial charge on any atom is -0.410 e. The number of piperidine rings is 1. The number of aromatic nitrogens is 2. The molecule has 22 heavy (non-hydrogen) atoms. The Hall–Kier alpha value is -1.91. The van der Waals surface area contributed by atoms with Crippen molar-refractivity contribution in [2.75, 3.05) is 24.5 Å². The van der Waals surface area contributed by atoms with Gasteiger partial charge < -0.3 is 10.1 Å². The van der Waals surface area contributed by atoms with Gasteiger partial charge in [-0.05, 0) is 19.3 Å². The Balaban J connectivity index is 1.79. The molecule has 116 valence electrons. The molecule has 0 aliphatic carbocycles. The summed E-state index contributed by atoms with van der Waals surface area (Å²) in [6.45, 7) is 2.32. The van der Waals surface area contributed by atoms with Crippen LogP contribution < -0.4 is 4.90 Å². The van der Waals surface area contributed by atoms with Crippen LogP contribution in [0.25, 0.3) is 0 Å². The van der Waals surface area contributed by atoms with E-state index in [2.05, 4.69) is 31.0 Å². The second-order valence-electron chi connectivity index (χ2n) is 5.55. The van der Waals surface area contributed by atoms with Gasteiger partial charge in [-0.2, -0.15) is 5.26 Å². The van der Waals surface area contributed by atoms with Crippen LogP contribution in [0.1, 0.15) is 25.0 Å². The molecule has 2 aliphatic heterocycles. The van der Waals surface area contributed by atoms with E-state index < -0.39 is 0 Å². The highest BCUT2D eigenvalue weighted by Crippen LogP contribution is 2.29. The molecule has 0 bridgehead atoms. The van der Waals surface area contributed by atoms with Crippen molar-refractivity contribution in [1.82, 2.24) is 14.9 Å². The minimum absolute atomic E-state index is 0.00939. The predicted octanol–water partition coefficient (Wildman–Crippen LogP) is 1.42. The fourth-order valence-corrected chi connectivity index (χ4v) is 3.64. The largest absolute Gasteiger partial charge is 0.410 e. The van der Waals surface area contributed by atoms with Gasteiger partial charge in [0.2, 0.25) is 0 Å². The summed E-state index contributed by atoms with van der Waals surface area (Å²) >= 11 is 6.04. The molecule has 8 heteroatoms. The Morgan fingerprint density at radius 1 is 1.36 bits per heavy atom. The van der Waals surface area contributed by atoms with Crippen LogP contribution in [-0.4, -0.2) is 57.0 Å². The van der Waals surface area contributed by atoms with Crippen molar-refractivity contribution in [3.8, 4) is 6.07 Å². The Bertz CT molecular complexity index is 616. The molecule has 0 saturated carbocycles. The van der Waals surface area contributed by atoms with Crippen LogP contribution in [0.15, 0.2) is 17.5 Å². The highest BCUT2D eigenvalue weighted by molar-refractivity contribution is 6.66. The van der Waals surface area contributed by atoms with Gasteiger partial charge in [0.1, 0.15) is 6.07 Å². The van der Waals surface area contributed by atoms with Crippen molar-refractivity contribution >= 4 is 22.6 Å². The SMILES string of the molecule is N#Cc1nccnc1N1CCN2C(CCCC2/C(Cl)=N/O)C1. The van der Waals surface area contributed by atoms with E-state index in [0.717, 1.165) is 38.9 Å². The van der Waals surface area contributed by atoms with Crippen molar-refractivity contribution in [3.05, 3.63) is 18.1 Å². The van der Waals surface area contributed by atoms with E-state index in [1.807, 2.05) is 0 Å². The van der Waals surface area contributed by atoms with Crippen LogP contribution in [-0.2, 0) is 0 Å². The molecule has 2 atom stereocenters. The Labute approximate surface area is 133 Å². The second kappa shape index (κ2) is 6.46.